The summed E-state index contributed by atoms with van der Waals surface area (Å²) in [5.74, 6) is -4.06. The van der Waals surface area contributed by atoms with Crippen molar-refractivity contribution in [1.82, 2.24) is 5.32 Å². The molecule has 4 nitrogen and oxygen atoms in total. The van der Waals surface area contributed by atoms with Gasteiger partial charge in [-0.05, 0) is 0 Å². The van der Waals surface area contributed by atoms with Crippen LogP contribution in [-0.2, 0) is 4.79 Å². The predicted octanol–water partition coefficient (Wildman–Crippen LogP) is 0.711. The van der Waals surface area contributed by atoms with E-state index in [1.807, 2.05) is 5.32 Å². The molecule has 1 aromatic carbocycles. The second-order valence-corrected chi connectivity index (χ2v) is 3.58. The van der Waals surface area contributed by atoms with Gasteiger partial charge < -0.3 is 11.1 Å². The van der Waals surface area contributed by atoms with Crippen LogP contribution in [0.2, 0.25) is 0 Å². The molecule has 0 aliphatic carbocycles. The van der Waals surface area contributed by atoms with Crippen molar-refractivity contribution in [2.24, 2.45) is 5.73 Å². The molecule has 7 heteroatoms. The zero-order chi connectivity index (χ0) is 14.6. The molecule has 0 saturated carbocycles. The fraction of sp³-hybridized carbons (Fsp3) is 0.167. The van der Waals surface area contributed by atoms with E-state index in [1.165, 1.54) is 0 Å². The van der Waals surface area contributed by atoms with Crippen molar-refractivity contribution in [2.45, 2.75) is 12.5 Å². The number of carbonyl (C=O) groups is 2. The molecule has 1 rings (SSSR count). The van der Waals surface area contributed by atoms with E-state index in [1.54, 1.807) is 0 Å². The average molecular weight is 270 g/mol. The van der Waals surface area contributed by atoms with E-state index >= 15 is 0 Å². The Morgan fingerprint density at radius 2 is 1.84 bits per heavy atom. The highest BCUT2D eigenvalue weighted by atomic mass is 19.1. The molecule has 0 heterocycles. The van der Waals surface area contributed by atoms with Crippen molar-refractivity contribution in [3.05, 3.63) is 35.1 Å². The molecule has 2 amide bonds. The lowest BCUT2D eigenvalue weighted by Gasteiger charge is -2.13. The SMILES string of the molecule is C#CC[C@H](NC(=O)c1c(F)cc(F)cc1F)C(N)=O. The van der Waals surface area contributed by atoms with Crippen LogP contribution in [0.4, 0.5) is 13.2 Å². The molecule has 1 aromatic rings. The Kier molecular flexibility index (Phi) is 4.53. The summed E-state index contributed by atoms with van der Waals surface area (Å²) in [5.41, 5.74) is 3.94. The quantitative estimate of drug-likeness (QED) is 0.791. The van der Waals surface area contributed by atoms with Crippen molar-refractivity contribution in [1.29, 1.82) is 0 Å². The lowest BCUT2D eigenvalue weighted by atomic mass is 10.1. The maximum Gasteiger partial charge on any atom is 0.257 e. The van der Waals surface area contributed by atoms with Crippen molar-refractivity contribution in [3.63, 3.8) is 0 Å². The van der Waals surface area contributed by atoms with E-state index in [0.29, 0.717) is 12.1 Å². The van der Waals surface area contributed by atoms with Crippen LogP contribution in [-0.4, -0.2) is 17.9 Å². The summed E-state index contributed by atoms with van der Waals surface area (Å²) in [6.07, 6.45) is 4.72. The maximum atomic E-state index is 13.3. The van der Waals surface area contributed by atoms with E-state index in [-0.39, 0.29) is 6.42 Å². The minimum absolute atomic E-state index is 0.231. The first-order chi connectivity index (χ1) is 8.86. The Balaban J connectivity index is 3.02. The third kappa shape index (κ3) is 3.48. The molecule has 1 atom stereocenters. The number of benzene rings is 1. The van der Waals surface area contributed by atoms with Crippen molar-refractivity contribution >= 4 is 11.8 Å². The highest BCUT2D eigenvalue weighted by Crippen LogP contribution is 2.14. The number of terminal acetylenes is 1. The zero-order valence-electron chi connectivity index (χ0n) is 9.54. The van der Waals surface area contributed by atoms with Gasteiger partial charge in [-0.3, -0.25) is 9.59 Å². The van der Waals surface area contributed by atoms with Gasteiger partial charge in [-0.15, -0.1) is 12.3 Å². The molecule has 0 aliphatic rings. The van der Waals surface area contributed by atoms with Crippen LogP contribution in [0, 0.1) is 29.8 Å². The number of carbonyl (C=O) groups excluding carboxylic acids is 2. The fourth-order valence-corrected chi connectivity index (χ4v) is 1.33. The van der Waals surface area contributed by atoms with Crippen molar-refractivity contribution in [2.75, 3.05) is 0 Å². The van der Waals surface area contributed by atoms with Crippen LogP contribution >= 0.6 is 0 Å². The Hall–Kier alpha value is -2.49. The van der Waals surface area contributed by atoms with E-state index < -0.39 is 40.9 Å². The monoisotopic (exact) mass is 270 g/mol. The molecular weight excluding hydrogens is 261 g/mol. The lowest BCUT2D eigenvalue weighted by Crippen LogP contribution is -2.44. The predicted molar refractivity (Wildman–Crippen MR) is 60.2 cm³/mol. The fourth-order valence-electron chi connectivity index (χ4n) is 1.33. The summed E-state index contributed by atoms with van der Waals surface area (Å²) in [5, 5.41) is 1.98. The van der Waals surface area contributed by atoms with Gasteiger partial charge in [-0.2, -0.15) is 0 Å². The number of hydrogen-bond donors (Lipinski definition) is 2. The minimum atomic E-state index is -1.39. The molecule has 0 saturated heterocycles. The molecule has 19 heavy (non-hydrogen) atoms. The molecule has 0 radical (unpaired) electrons. The summed E-state index contributed by atoms with van der Waals surface area (Å²) in [6.45, 7) is 0. The number of halogens is 3. The highest BCUT2D eigenvalue weighted by Gasteiger charge is 2.23. The van der Waals surface area contributed by atoms with Crippen LogP contribution < -0.4 is 11.1 Å². The molecule has 100 valence electrons. The van der Waals surface area contributed by atoms with Crippen LogP contribution in [0.15, 0.2) is 12.1 Å². The van der Waals surface area contributed by atoms with Gasteiger partial charge in [0.25, 0.3) is 5.91 Å². The summed E-state index contributed by atoms with van der Waals surface area (Å²) in [6, 6.07) is -0.571. The van der Waals surface area contributed by atoms with Crippen LogP contribution in [0.1, 0.15) is 16.8 Å². The summed E-state index contributed by atoms with van der Waals surface area (Å²) < 4.78 is 39.3. The van der Waals surface area contributed by atoms with Gasteiger partial charge in [-0.1, -0.05) is 0 Å². The third-order valence-corrected chi connectivity index (χ3v) is 2.20. The molecule has 0 spiro atoms. The molecule has 0 bridgehead atoms. The average Bonchev–Trinajstić information content (AvgIpc) is 2.26. The number of amides is 2. The molecule has 3 N–H and O–H groups in total. The van der Waals surface area contributed by atoms with Gasteiger partial charge in [0.05, 0.1) is 0 Å². The lowest BCUT2D eigenvalue weighted by molar-refractivity contribution is -0.119. The Morgan fingerprint density at radius 3 is 2.26 bits per heavy atom. The zero-order valence-corrected chi connectivity index (χ0v) is 9.54. The van der Waals surface area contributed by atoms with Gasteiger partial charge in [0, 0.05) is 18.6 Å². The first kappa shape index (κ1) is 14.6. The number of nitrogens with two attached hydrogens (primary N) is 1. The molecule has 0 fully saturated rings. The van der Waals surface area contributed by atoms with Crippen LogP contribution in [0.3, 0.4) is 0 Å². The number of hydrogen-bond acceptors (Lipinski definition) is 2. The first-order valence-corrected chi connectivity index (χ1v) is 5.05. The Morgan fingerprint density at radius 1 is 1.32 bits per heavy atom. The van der Waals surface area contributed by atoms with Crippen LogP contribution in [0.25, 0.3) is 0 Å². The summed E-state index contributed by atoms with van der Waals surface area (Å²) >= 11 is 0. The van der Waals surface area contributed by atoms with E-state index in [0.717, 1.165) is 0 Å². The van der Waals surface area contributed by atoms with Gasteiger partial charge in [0.2, 0.25) is 5.91 Å². The topological polar surface area (TPSA) is 72.2 Å². The van der Waals surface area contributed by atoms with Crippen LogP contribution in [0.5, 0.6) is 0 Å². The van der Waals surface area contributed by atoms with Gasteiger partial charge in [0.1, 0.15) is 29.1 Å². The Labute approximate surface area is 106 Å². The van der Waals surface area contributed by atoms with E-state index in [4.69, 9.17) is 12.2 Å². The number of rotatable bonds is 4. The number of primary amides is 1. The third-order valence-electron chi connectivity index (χ3n) is 2.20. The maximum absolute atomic E-state index is 13.3. The normalized spacial score (nSPS) is 11.5. The van der Waals surface area contributed by atoms with E-state index in [2.05, 4.69) is 5.92 Å². The second-order valence-electron chi connectivity index (χ2n) is 3.58. The van der Waals surface area contributed by atoms with Crippen molar-refractivity contribution in [3.8, 4) is 12.3 Å². The van der Waals surface area contributed by atoms with Gasteiger partial charge in [-0.25, -0.2) is 13.2 Å². The molecule has 0 unspecified atom stereocenters. The summed E-state index contributed by atoms with van der Waals surface area (Å²) in [7, 11) is 0. The van der Waals surface area contributed by atoms with Gasteiger partial charge in [0.15, 0.2) is 0 Å². The smallest absolute Gasteiger partial charge is 0.257 e. The minimum Gasteiger partial charge on any atom is -0.368 e. The van der Waals surface area contributed by atoms with E-state index in [9.17, 15) is 22.8 Å². The molecule has 0 aromatic heterocycles. The summed E-state index contributed by atoms with van der Waals surface area (Å²) in [4.78, 5) is 22.5. The molecular formula is C12H9F3N2O2. The largest absolute Gasteiger partial charge is 0.368 e. The Bertz CT molecular complexity index is 544. The van der Waals surface area contributed by atoms with Gasteiger partial charge >= 0.3 is 0 Å². The first-order valence-electron chi connectivity index (χ1n) is 5.05. The van der Waals surface area contributed by atoms with Crippen molar-refractivity contribution < 1.29 is 22.8 Å². The molecule has 0 aliphatic heterocycles. The highest BCUT2D eigenvalue weighted by molar-refractivity contribution is 5.97. The number of nitrogens with one attached hydrogen (secondary N) is 1. The second kappa shape index (κ2) is 5.91. The standard InChI is InChI=1S/C12H9F3N2O2/c1-2-3-9(11(16)18)17-12(19)10-7(14)4-6(13)5-8(10)15/h1,4-5,9H,3H2,(H2,16,18)(H,17,19)/t9-/m0/s1.